The molecule has 1 aliphatic rings. The van der Waals surface area contributed by atoms with Gasteiger partial charge in [-0.25, -0.2) is 0 Å². The monoisotopic (exact) mass is 354 g/mol. The van der Waals surface area contributed by atoms with Gasteiger partial charge in [0.15, 0.2) is 0 Å². The Hall–Kier alpha value is -1.06. The van der Waals surface area contributed by atoms with Gasteiger partial charge in [0.25, 0.3) is 0 Å². The van der Waals surface area contributed by atoms with E-state index >= 15 is 0 Å². The number of hydrogen-bond donors (Lipinski definition) is 2. The third-order valence-electron chi connectivity index (χ3n) is 6.11. The summed E-state index contributed by atoms with van der Waals surface area (Å²) < 4.78 is 0. The summed E-state index contributed by atoms with van der Waals surface area (Å²) in [5, 5.41) is 18.2. The summed E-state index contributed by atoms with van der Waals surface area (Å²) in [4.78, 5) is 22.1. The summed E-state index contributed by atoms with van der Waals surface area (Å²) >= 11 is 0. The van der Waals surface area contributed by atoms with Gasteiger partial charge in [-0.1, -0.05) is 65.2 Å². The fraction of sp³-hybridized carbons (Fsp3) is 0.905. The summed E-state index contributed by atoms with van der Waals surface area (Å²) in [6, 6.07) is 0. The zero-order valence-electron chi connectivity index (χ0n) is 16.3. The van der Waals surface area contributed by atoms with E-state index in [2.05, 4.69) is 6.92 Å². The van der Waals surface area contributed by atoms with Crippen LogP contribution in [-0.4, -0.2) is 22.2 Å². The van der Waals surface area contributed by atoms with Crippen molar-refractivity contribution in [3.63, 3.8) is 0 Å². The van der Waals surface area contributed by atoms with Gasteiger partial charge in [0.05, 0.1) is 5.92 Å². The number of hydrogen-bond acceptors (Lipinski definition) is 2. The maximum absolute atomic E-state index is 11.6. The first kappa shape index (κ1) is 22.0. The highest BCUT2D eigenvalue weighted by atomic mass is 16.4. The normalized spacial score (nSPS) is 17.8. The predicted molar refractivity (Wildman–Crippen MR) is 101 cm³/mol. The Morgan fingerprint density at radius 3 is 2.08 bits per heavy atom. The first-order valence-corrected chi connectivity index (χ1v) is 10.4. The van der Waals surface area contributed by atoms with E-state index in [0.717, 1.165) is 44.9 Å². The first-order chi connectivity index (χ1) is 11.9. The Morgan fingerprint density at radius 1 is 0.920 bits per heavy atom. The minimum absolute atomic E-state index is 0.249. The SMILES string of the molecule is CCCCCCCC(C(C)C(=O)O)C1(CCCCCCC(=O)O)CC1. The molecule has 0 aromatic carbocycles. The van der Waals surface area contributed by atoms with Crippen molar-refractivity contribution in [2.24, 2.45) is 17.3 Å². The minimum atomic E-state index is -0.711. The molecule has 25 heavy (non-hydrogen) atoms. The van der Waals surface area contributed by atoms with Crippen LogP contribution in [0.2, 0.25) is 0 Å². The molecule has 2 atom stereocenters. The molecule has 1 aliphatic carbocycles. The molecule has 0 spiro atoms. The number of carboxylic acid groups (broad SMARTS) is 2. The quantitative estimate of drug-likeness (QED) is 0.339. The molecule has 0 aliphatic heterocycles. The van der Waals surface area contributed by atoms with Gasteiger partial charge in [-0.15, -0.1) is 0 Å². The molecule has 2 unspecified atom stereocenters. The molecule has 0 saturated heterocycles. The Labute approximate surface area is 153 Å². The highest BCUT2D eigenvalue weighted by Crippen LogP contribution is 2.59. The lowest BCUT2D eigenvalue weighted by atomic mass is 9.74. The molecule has 0 amide bonds. The van der Waals surface area contributed by atoms with E-state index in [1.165, 1.54) is 38.5 Å². The van der Waals surface area contributed by atoms with Crippen molar-refractivity contribution >= 4 is 11.9 Å². The lowest BCUT2D eigenvalue weighted by molar-refractivity contribution is -0.144. The standard InChI is InChI=1S/C21H38O4/c1-3-4-5-6-9-12-18(17(2)20(24)25)21(15-16-21)14-11-8-7-10-13-19(22)23/h17-18H,3-16H2,1-2H3,(H,22,23)(H,24,25). The summed E-state index contributed by atoms with van der Waals surface area (Å²) in [7, 11) is 0. The lowest BCUT2D eigenvalue weighted by Gasteiger charge is -2.30. The number of carboxylic acids is 2. The maximum Gasteiger partial charge on any atom is 0.306 e. The Morgan fingerprint density at radius 2 is 1.52 bits per heavy atom. The van der Waals surface area contributed by atoms with Crippen LogP contribution in [0.4, 0.5) is 0 Å². The van der Waals surface area contributed by atoms with E-state index < -0.39 is 11.9 Å². The van der Waals surface area contributed by atoms with E-state index in [1.807, 2.05) is 6.92 Å². The number of unbranched alkanes of at least 4 members (excludes halogenated alkanes) is 7. The molecule has 4 heteroatoms. The zero-order valence-corrected chi connectivity index (χ0v) is 16.3. The van der Waals surface area contributed by atoms with Crippen LogP contribution in [0.25, 0.3) is 0 Å². The molecule has 2 N–H and O–H groups in total. The largest absolute Gasteiger partial charge is 0.481 e. The molecule has 1 fully saturated rings. The molecule has 0 aromatic heterocycles. The van der Waals surface area contributed by atoms with Gasteiger partial charge in [-0.3, -0.25) is 9.59 Å². The first-order valence-electron chi connectivity index (χ1n) is 10.4. The summed E-state index contributed by atoms with van der Waals surface area (Å²) in [6.45, 7) is 4.11. The van der Waals surface area contributed by atoms with Crippen molar-refractivity contribution in [3.05, 3.63) is 0 Å². The van der Waals surface area contributed by atoms with Gasteiger partial charge in [-0.05, 0) is 43.4 Å². The average Bonchev–Trinajstić information content (AvgIpc) is 3.34. The highest BCUT2D eigenvalue weighted by Gasteiger charge is 2.50. The van der Waals surface area contributed by atoms with Gasteiger partial charge < -0.3 is 10.2 Å². The molecule has 0 bridgehead atoms. The second-order valence-electron chi connectivity index (χ2n) is 8.11. The van der Waals surface area contributed by atoms with Gasteiger partial charge in [-0.2, -0.15) is 0 Å². The van der Waals surface area contributed by atoms with Crippen LogP contribution in [0.3, 0.4) is 0 Å². The van der Waals surface area contributed by atoms with E-state index in [4.69, 9.17) is 5.11 Å². The van der Waals surface area contributed by atoms with Crippen molar-refractivity contribution < 1.29 is 19.8 Å². The summed E-state index contributed by atoms with van der Waals surface area (Å²) in [5.41, 5.74) is 0.259. The second kappa shape index (κ2) is 11.5. The van der Waals surface area contributed by atoms with Crippen molar-refractivity contribution in [1.82, 2.24) is 0 Å². The molecular weight excluding hydrogens is 316 g/mol. The van der Waals surface area contributed by atoms with E-state index in [1.54, 1.807) is 0 Å². The molecule has 1 rings (SSSR count). The third kappa shape index (κ3) is 8.24. The van der Waals surface area contributed by atoms with Gasteiger partial charge in [0.2, 0.25) is 0 Å². The second-order valence-corrected chi connectivity index (χ2v) is 8.11. The lowest BCUT2D eigenvalue weighted by Crippen LogP contribution is -2.29. The molecule has 0 aromatic rings. The van der Waals surface area contributed by atoms with Crippen LogP contribution in [0.1, 0.15) is 104 Å². The fourth-order valence-corrected chi connectivity index (χ4v) is 4.30. The van der Waals surface area contributed by atoms with Crippen molar-refractivity contribution in [2.75, 3.05) is 0 Å². The maximum atomic E-state index is 11.6. The fourth-order valence-electron chi connectivity index (χ4n) is 4.30. The molecular formula is C21H38O4. The van der Waals surface area contributed by atoms with Crippen LogP contribution in [0.5, 0.6) is 0 Å². The molecule has 4 nitrogen and oxygen atoms in total. The minimum Gasteiger partial charge on any atom is -0.481 e. The van der Waals surface area contributed by atoms with Crippen molar-refractivity contribution in [2.45, 2.75) is 104 Å². The van der Waals surface area contributed by atoms with Crippen molar-refractivity contribution in [3.8, 4) is 0 Å². The van der Waals surface area contributed by atoms with Crippen LogP contribution >= 0.6 is 0 Å². The van der Waals surface area contributed by atoms with Crippen LogP contribution in [0, 0.1) is 17.3 Å². The third-order valence-corrected chi connectivity index (χ3v) is 6.11. The number of rotatable bonds is 16. The Balaban J connectivity index is 2.41. The molecule has 0 radical (unpaired) electrons. The van der Waals surface area contributed by atoms with E-state index in [-0.39, 0.29) is 17.8 Å². The summed E-state index contributed by atoms with van der Waals surface area (Å²) in [5.74, 6) is -1.30. The molecule has 1 saturated carbocycles. The Kier molecular flexibility index (Phi) is 10.1. The smallest absolute Gasteiger partial charge is 0.306 e. The van der Waals surface area contributed by atoms with Crippen LogP contribution < -0.4 is 0 Å². The summed E-state index contributed by atoms with van der Waals surface area (Å²) in [6.07, 6.45) is 14.9. The van der Waals surface area contributed by atoms with Crippen LogP contribution in [0.15, 0.2) is 0 Å². The molecule has 146 valence electrons. The average molecular weight is 355 g/mol. The van der Waals surface area contributed by atoms with Gasteiger partial charge in [0.1, 0.15) is 0 Å². The van der Waals surface area contributed by atoms with E-state index in [0.29, 0.717) is 5.92 Å². The van der Waals surface area contributed by atoms with Crippen LogP contribution in [-0.2, 0) is 9.59 Å². The number of aliphatic carboxylic acids is 2. The highest BCUT2D eigenvalue weighted by molar-refractivity contribution is 5.70. The number of carbonyl (C=O) groups is 2. The van der Waals surface area contributed by atoms with Gasteiger partial charge >= 0.3 is 11.9 Å². The topological polar surface area (TPSA) is 74.6 Å². The van der Waals surface area contributed by atoms with Crippen molar-refractivity contribution in [1.29, 1.82) is 0 Å². The van der Waals surface area contributed by atoms with Gasteiger partial charge in [0, 0.05) is 6.42 Å². The van der Waals surface area contributed by atoms with E-state index in [9.17, 15) is 14.7 Å². The predicted octanol–water partition coefficient (Wildman–Crippen LogP) is 5.89. The molecule has 0 heterocycles. The zero-order chi connectivity index (χ0) is 18.7. The Bertz CT molecular complexity index is 401.